The molecule has 6 heteroatoms. The van der Waals surface area contributed by atoms with Gasteiger partial charge in [0.2, 0.25) is 0 Å². The van der Waals surface area contributed by atoms with E-state index in [0.717, 1.165) is 113 Å². The predicted molar refractivity (Wildman–Crippen MR) is 199 cm³/mol. The van der Waals surface area contributed by atoms with Gasteiger partial charge in [0.1, 0.15) is 34.5 Å². The highest BCUT2D eigenvalue weighted by molar-refractivity contribution is 5.64. The molecule has 4 aromatic carbocycles. The van der Waals surface area contributed by atoms with Gasteiger partial charge in [0, 0.05) is 6.07 Å². The van der Waals surface area contributed by atoms with Crippen molar-refractivity contribution in [3.05, 3.63) is 97.1 Å². The molecular weight excluding hydrogens is 600 g/mol. The zero-order chi connectivity index (χ0) is 34.7. The quantitative estimate of drug-likeness (QED) is 0.0999. The molecule has 0 spiro atoms. The maximum Gasteiger partial charge on any atom is 0.122 e. The van der Waals surface area contributed by atoms with Gasteiger partial charge in [-0.2, -0.15) is 0 Å². The molecule has 4 aromatic rings. The molecule has 262 valence electrons. The van der Waals surface area contributed by atoms with E-state index in [1.165, 1.54) is 11.1 Å². The molecule has 0 atom stereocenters. The average Bonchev–Trinajstić information content (AvgIpc) is 3.14. The summed E-state index contributed by atoms with van der Waals surface area (Å²) < 4.78 is 33.1. The van der Waals surface area contributed by atoms with Gasteiger partial charge in [0.05, 0.1) is 39.6 Å². The molecule has 0 saturated heterocycles. The van der Waals surface area contributed by atoms with Crippen LogP contribution in [0.2, 0.25) is 0 Å². The third-order valence-electron chi connectivity index (χ3n) is 6.51. The fourth-order valence-corrected chi connectivity index (χ4v) is 4.09. The molecule has 0 radical (unpaired) electrons. The third kappa shape index (κ3) is 17.0. The van der Waals surface area contributed by atoms with E-state index in [4.69, 9.17) is 28.4 Å². The Balaban J connectivity index is 0.000000257. The van der Waals surface area contributed by atoms with Crippen molar-refractivity contribution in [1.29, 1.82) is 0 Å². The van der Waals surface area contributed by atoms with Crippen LogP contribution in [0.25, 0.3) is 11.1 Å². The van der Waals surface area contributed by atoms with Gasteiger partial charge < -0.3 is 28.4 Å². The highest BCUT2D eigenvalue weighted by atomic mass is 16.5. The second kappa shape index (κ2) is 25.7. The largest absolute Gasteiger partial charge is 0.494 e. The van der Waals surface area contributed by atoms with Crippen molar-refractivity contribution in [3.8, 4) is 45.6 Å². The molecule has 0 bridgehead atoms. The SMILES string of the molecule is CCCOc1ccc(-c2ccc(OCCC)cc2)cc1.CCCOc1ccc(OCCC)cc1.CCCOc1cccc(OCCC)c1. The standard InChI is InChI=1S/C18H22O2.2C12H18O2/c1-3-13-19-17-9-5-15(6-10-17)16-7-11-18(12-8-16)20-14-4-2;1-3-9-13-11-5-7-12(8-6-11)14-10-4-2;1-3-8-13-11-6-5-7-12(10-11)14-9-4-2/h5-12H,3-4,13-14H2,1-2H3;5-8H,3-4,9-10H2,1-2H3;5-7,10H,3-4,8-9H2,1-2H3. The van der Waals surface area contributed by atoms with E-state index in [1.54, 1.807) is 0 Å². The summed E-state index contributed by atoms with van der Waals surface area (Å²) in [6, 6.07) is 32.0. The summed E-state index contributed by atoms with van der Waals surface area (Å²) in [6.45, 7) is 17.2. The lowest BCUT2D eigenvalue weighted by Crippen LogP contribution is -1.97. The predicted octanol–water partition coefficient (Wildman–Crippen LogP) is 11.5. The first kappa shape index (κ1) is 39.9. The van der Waals surface area contributed by atoms with Crippen LogP contribution in [0.1, 0.15) is 80.1 Å². The molecule has 0 aliphatic rings. The minimum atomic E-state index is 0.761. The van der Waals surface area contributed by atoms with Gasteiger partial charge in [-0.05, 0) is 110 Å². The first-order valence-corrected chi connectivity index (χ1v) is 17.7. The maximum atomic E-state index is 5.59. The Morgan fingerprint density at radius 2 is 0.521 bits per heavy atom. The van der Waals surface area contributed by atoms with Crippen molar-refractivity contribution in [2.24, 2.45) is 0 Å². The van der Waals surface area contributed by atoms with Crippen molar-refractivity contribution in [3.63, 3.8) is 0 Å². The van der Waals surface area contributed by atoms with Crippen molar-refractivity contribution in [2.45, 2.75) is 80.1 Å². The molecule has 0 fully saturated rings. The summed E-state index contributed by atoms with van der Waals surface area (Å²) in [5, 5.41) is 0. The summed E-state index contributed by atoms with van der Waals surface area (Å²) in [4.78, 5) is 0. The monoisotopic (exact) mass is 658 g/mol. The lowest BCUT2D eigenvalue weighted by molar-refractivity contribution is 0.301. The minimum Gasteiger partial charge on any atom is -0.494 e. The topological polar surface area (TPSA) is 55.4 Å². The van der Waals surface area contributed by atoms with Crippen LogP contribution in [-0.2, 0) is 0 Å². The highest BCUT2D eigenvalue weighted by Crippen LogP contribution is 2.25. The summed E-state index contributed by atoms with van der Waals surface area (Å²) >= 11 is 0. The van der Waals surface area contributed by atoms with E-state index in [-0.39, 0.29) is 0 Å². The third-order valence-corrected chi connectivity index (χ3v) is 6.51. The Morgan fingerprint density at radius 3 is 0.771 bits per heavy atom. The lowest BCUT2D eigenvalue weighted by atomic mass is 10.1. The van der Waals surface area contributed by atoms with Gasteiger partial charge in [0.25, 0.3) is 0 Å². The number of hydrogen-bond donors (Lipinski definition) is 0. The molecule has 0 heterocycles. The normalized spacial score (nSPS) is 10.0. The molecule has 48 heavy (non-hydrogen) atoms. The van der Waals surface area contributed by atoms with E-state index in [9.17, 15) is 0 Å². The van der Waals surface area contributed by atoms with Crippen molar-refractivity contribution >= 4 is 0 Å². The smallest absolute Gasteiger partial charge is 0.122 e. The Morgan fingerprint density at radius 1 is 0.292 bits per heavy atom. The Kier molecular flexibility index (Phi) is 21.4. The van der Waals surface area contributed by atoms with Gasteiger partial charge in [0.15, 0.2) is 0 Å². The highest BCUT2D eigenvalue weighted by Gasteiger charge is 2.01. The first-order chi connectivity index (χ1) is 23.6. The molecule has 0 N–H and O–H groups in total. The average molecular weight is 659 g/mol. The van der Waals surface area contributed by atoms with Crippen molar-refractivity contribution in [1.82, 2.24) is 0 Å². The van der Waals surface area contributed by atoms with E-state index in [2.05, 4.69) is 65.8 Å². The number of benzene rings is 4. The van der Waals surface area contributed by atoms with E-state index >= 15 is 0 Å². The van der Waals surface area contributed by atoms with Crippen molar-refractivity contribution in [2.75, 3.05) is 39.6 Å². The second-order valence-corrected chi connectivity index (χ2v) is 11.1. The van der Waals surface area contributed by atoms with Gasteiger partial charge >= 0.3 is 0 Å². The molecule has 0 amide bonds. The summed E-state index contributed by atoms with van der Waals surface area (Å²) in [5.41, 5.74) is 2.38. The summed E-state index contributed by atoms with van der Waals surface area (Å²) in [5.74, 6) is 5.46. The molecule has 0 unspecified atom stereocenters. The van der Waals surface area contributed by atoms with E-state index in [0.29, 0.717) is 0 Å². The molecule has 4 rings (SSSR count). The van der Waals surface area contributed by atoms with Crippen LogP contribution in [0.5, 0.6) is 34.5 Å². The first-order valence-electron chi connectivity index (χ1n) is 17.7. The number of hydrogen-bond acceptors (Lipinski definition) is 6. The molecule has 0 saturated carbocycles. The second-order valence-electron chi connectivity index (χ2n) is 11.1. The Hall–Kier alpha value is -4.32. The minimum absolute atomic E-state index is 0.761. The number of ether oxygens (including phenoxy) is 6. The molecule has 0 aliphatic heterocycles. The molecule has 6 nitrogen and oxygen atoms in total. The van der Waals surface area contributed by atoms with Gasteiger partial charge in [-0.1, -0.05) is 71.9 Å². The van der Waals surface area contributed by atoms with Crippen LogP contribution >= 0.6 is 0 Å². The fourth-order valence-electron chi connectivity index (χ4n) is 4.09. The van der Waals surface area contributed by atoms with Crippen LogP contribution < -0.4 is 28.4 Å². The summed E-state index contributed by atoms with van der Waals surface area (Å²) in [7, 11) is 0. The van der Waals surface area contributed by atoms with Crippen LogP contribution in [0.3, 0.4) is 0 Å². The number of rotatable bonds is 19. The summed E-state index contributed by atoms with van der Waals surface area (Å²) in [6.07, 6.45) is 6.18. The molecule has 0 aromatic heterocycles. The molecule has 0 aliphatic carbocycles. The zero-order valence-electron chi connectivity index (χ0n) is 30.2. The van der Waals surface area contributed by atoms with Gasteiger partial charge in [-0.15, -0.1) is 0 Å². The Labute approximate surface area is 290 Å². The van der Waals surface area contributed by atoms with E-state index in [1.807, 2.05) is 72.8 Å². The van der Waals surface area contributed by atoms with Crippen molar-refractivity contribution < 1.29 is 28.4 Å². The van der Waals surface area contributed by atoms with Crippen LogP contribution in [0.4, 0.5) is 0 Å². The zero-order valence-corrected chi connectivity index (χ0v) is 30.2. The van der Waals surface area contributed by atoms with E-state index < -0.39 is 0 Å². The lowest BCUT2D eigenvalue weighted by Gasteiger charge is -2.08. The van der Waals surface area contributed by atoms with Gasteiger partial charge in [-0.3, -0.25) is 0 Å². The maximum absolute atomic E-state index is 5.59. The van der Waals surface area contributed by atoms with Crippen LogP contribution in [0.15, 0.2) is 97.1 Å². The fraction of sp³-hybridized carbons (Fsp3) is 0.429. The van der Waals surface area contributed by atoms with Gasteiger partial charge in [-0.25, -0.2) is 0 Å². The van der Waals surface area contributed by atoms with Crippen LogP contribution in [-0.4, -0.2) is 39.6 Å². The Bertz CT molecular complexity index is 1220. The molecular formula is C42H58O6. The van der Waals surface area contributed by atoms with Crippen LogP contribution in [0, 0.1) is 0 Å².